The standard InChI is InChI=1S/C25H26N2O5S/c1-4-31-24(30)23-18(3)33-25(26-23)27(15-14-19-8-6-5-7-9-19)22(29)16-32-21-12-10-20(11-13-21)17(2)28/h5-13H,4,14-16H2,1-3H3. The smallest absolute Gasteiger partial charge is 0.358 e. The third-order valence-electron chi connectivity index (χ3n) is 4.88. The number of ether oxygens (including phenoxy) is 2. The van der Waals surface area contributed by atoms with Gasteiger partial charge in [0.15, 0.2) is 23.2 Å². The van der Waals surface area contributed by atoms with Gasteiger partial charge in [0, 0.05) is 17.0 Å². The van der Waals surface area contributed by atoms with E-state index in [2.05, 4.69) is 4.98 Å². The Morgan fingerprint density at radius 3 is 2.36 bits per heavy atom. The normalized spacial score (nSPS) is 10.5. The summed E-state index contributed by atoms with van der Waals surface area (Å²) in [4.78, 5) is 43.4. The molecule has 0 N–H and O–H groups in total. The van der Waals surface area contributed by atoms with Crippen molar-refractivity contribution in [3.05, 3.63) is 76.3 Å². The molecular formula is C25H26N2O5S. The summed E-state index contributed by atoms with van der Waals surface area (Å²) in [6.45, 7) is 5.42. The van der Waals surface area contributed by atoms with Crippen LogP contribution >= 0.6 is 11.3 Å². The van der Waals surface area contributed by atoms with E-state index >= 15 is 0 Å². The molecule has 0 bridgehead atoms. The summed E-state index contributed by atoms with van der Waals surface area (Å²) in [5.74, 6) is -0.347. The number of aryl methyl sites for hydroxylation is 1. The summed E-state index contributed by atoms with van der Waals surface area (Å²) in [5, 5.41) is 0.423. The van der Waals surface area contributed by atoms with Gasteiger partial charge in [0.1, 0.15) is 5.75 Å². The van der Waals surface area contributed by atoms with E-state index in [4.69, 9.17) is 9.47 Å². The van der Waals surface area contributed by atoms with Crippen molar-refractivity contribution in [1.29, 1.82) is 0 Å². The first kappa shape index (κ1) is 24.1. The molecule has 0 spiro atoms. The maximum Gasteiger partial charge on any atom is 0.358 e. The van der Waals surface area contributed by atoms with Crippen molar-refractivity contribution in [2.75, 3.05) is 24.7 Å². The van der Waals surface area contributed by atoms with E-state index in [1.54, 1.807) is 38.1 Å². The van der Waals surface area contributed by atoms with Crippen molar-refractivity contribution in [2.24, 2.45) is 0 Å². The fraction of sp³-hybridized carbons (Fsp3) is 0.280. The van der Waals surface area contributed by atoms with Crippen LogP contribution in [0.2, 0.25) is 0 Å². The molecule has 3 rings (SSSR count). The summed E-state index contributed by atoms with van der Waals surface area (Å²) >= 11 is 1.27. The lowest BCUT2D eigenvalue weighted by Gasteiger charge is -2.20. The first-order chi connectivity index (χ1) is 15.9. The van der Waals surface area contributed by atoms with Crippen molar-refractivity contribution < 1.29 is 23.9 Å². The molecule has 1 aromatic heterocycles. The molecular weight excluding hydrogens is 440 g/mol. The average molecular weight is 467 g/mol. The number of aromatic nitrogens is 1. The zero-order valence-corrected chi connectivity index (χ0v) is 19.7. The SMILES string of the molecule is CCOC(=O)c1nc(N(CCc2ccccc2)C(=O)COc2ccc(C(C)=O)cc2)sc1C. The molecule has 1 amide bonds. The van der Waals surface area contributed by atoms with Crippen LogP contribution in [-0.2, 0) is 16.0 Å². The Labute approximate surface area is 197 Å². The minimum absolute atomic E-state index is 0.0405. The predicted molar refractivity (Wildman–Crippen MR) is 127 cm³/mol. The third-order valence-corrected chi connectivity index (χ3v) is 5.87. The van der Waals surface area contributed by atoms with E-state index < -0.39 is 5.97 Å². The van der Waals surface area contributed by atoms with E-state index in [-0.39, 0.29) is 30.6 Å². The number of amides is 1. The fourth-order valence-electron chi connectivity index (χ4n) is 3.11. The first-order valence-electron chi connectivity index (χ1n) is 10.6. The van der Waals surface area contributed by atoms with Crippen LogP contribution in [0.4, 0.5) is 5.13 Å². The van der Waals surface area contributed by atoms with Gasteiger partial charge in [-0.3, -0.25) is 14.5 Å². The molecule has 0 saturated heterocycles. The lowest BCUT2D eigenvalue weighted by Crippen LogP contribution is -2.36. The number of thiazole rings is 1. The van der Waals surface area contributed by atoms with Crippen LogP contribution in [0.1, 0.15) is 45.1 Å². The van der Waals surface area contributed by atoms with Gasteiger partial charge >= 0.3 is 5.97 Å². The highest BCUT2D eigenvalue weighted by atomic mass is 32.1. The summed E-state index contributed by atoms with van der Waals surface area (Å²) in [6, 6.07) is 16.4. The van der Waals surface area contributed by atoms with Gasteiger partial charge < -0.3 is 9.47 Å². The number of anilines is 1. The molecule has 3 aromatic rings. The minimum Gasteiger partial charge on any atom is -0.484 e. The highest BCUT2D eigenvalue weighted by Crippen LogP contribution is 2.27. The number of nitrogens with zero attached hydrogens (tertiary/aromatic N) is 2. The number of carbonyl (C=O) groups is 3. The molecule has 0 aliphatic carbocycles. The van der Waals surface area contributed by atoms with E-state index in [0.717, 1.165) is 5.56 Å². The molecule has 7 nitrogen and oxygen atoms in total. The molecule has 172 valence electrons. The molecule has 0 radical (unpaired) electrons. The van der Waals surface area contributed by atoms with Gasteiger partial charge in [0.25, 0.3) is 5.91 Å². The topological polar surface area (TPSA) is 85.8 Å². The van der Waals surface area contributed by atoms with Crippen LogP contribution in [0.3, 0.4) is 0 Å². The summed E-state index contributed by atoms with van der Waals surface area (Å²) < 4.78 is 10.7. The second-order valence-corrected chi connectivity index (χ2v) is 8.45. The third kappa shape index (κ3) is 6.49. The summed E-state index contributed by atoms with van der Waals surface area (Å²) in [7, 11) is 0. The average Bonchev–Trinajstić information content (AvgIpc) is 3.20. The molecule has 0 unspecified atom stereocenters. The quantitative estimate of drug-likeness (QED) is 0.323. The first-order valence-corrected chi connectivity index (χ1v) is 11.4. The van der Waals surface area contributed by atoms with Crippen molar-refractivity contribution in [3.63, 3.8) is 0 Å². The van der Waals surface area contributed by atoms with E-state index in [1.807, 2.05) is 30.3 Å². The Kier molecular flexibility index (Phi) is 8.32. The molecule has 0 saturated carbocycles. The molecule has 1 heterocycles. The van der Waals surface area contributed by atoms with Crippen molar-refractivity contribution in [1.82, 2.24) is 4.98 Å². The Morgan fingerprint density at radius 2 is 1.73 bits per heavy atom. The largest absolute Gasteiger partial charge is 0.484 e. The van der Waals surface area contributed by atoms with E-state index in [1.165, 1.54) is 23.2 Å². The van der Waals surface area contributed by atoms with Gasteiger partial charge in [-0.2, -0.15) is 0 Å². The Balaban J connectivity index is 1.77. The van der Waals surface area contributed by atoms with Crippen molar-refractivity contribution in [2.45, 2.75) is 27.2 Å². The number of rotatable bonds is 10. The van der Waals surface area contributed by atoms with Crippen molar-refractivity contribution >= 4 is 34.1 Å². The summed E-state index contributed by atoms with van der Waals surface area (Å²) in [5.41, 5.74) is 1.87. The lowest BCUT2D eigenvalue weighted by molar-refractivity contribution is -0.120. The fourth-order valence-corrected chi connectivity index (χ4v) is 4.05. The van der Waals surface area contributed by atoms with Gasteiger partial charge in [-0.05, 0) is 57.0 Å². The Morgan fingerprint density at radius 1 is 1.03 bits per heavy atom. The maximum absolute atomic E-state index is 13.1. The summed E-state index contributed by atoms with van der Waals surface area (Å²) in [6.07, 6.45) is 0.618. The van der Waals surface area contributed by atoms with Gasteiger partial charge in [0.05, 0.1) is 6.61 Å². The molecule has 2 aromatic carbocycles. The highest BCUT2D eigenvalue weighted by molar-refractivity contribution is 7.16. The lowest BCUT2D eigenvalue weighted by atomic mass is 10.1. The van der Waals surface area contributed by atoms with Crippen LogP contribution in [0.25, 0.3) is 0 Å². The second kappa shape index (κ2) is 11.4. The van der Waals surface area contributed by atoms with Crippen molar-refractivity contribution in [3.8, 4) is 5.75 Å². The van der Waals surface area contributed by atoms with E-state index in [9.17, 15) is 14.4 Å². The predicted octanol–water partition coefficient (Wildman–Crippen LogP) is 4.49. The molecule has 0 aliphatic heterocycles. The van der Waals surface area contributed by atoms with Crippen LogP contribution in [0.5, 0.6) is 5.75 Å². The van der Waals surface area contributed by atoms with Crippen LogP contribution in [-0.4, -0.2) is 42.4 Å². The van der Waals surface area contributed by atoms with E-state index in [0.29, 0.717) is 34.3 Å². The van der Waals surface area contributed by atoms with Gasteiger partial charge in [0.2, 0.25) is 0 Å². The zero-order chi connectivity index (χ0) is 23.8. The molecule has 33 heavy (non-hydrogen) atoms. The number of carbonyl (C=O) groups excluding carboxylic acids is 3. The molecule has 0 atom stereocenters. The minimum atomic E-state index is -0.505. The molecule has 0 fully saturated rings. The number of ketones is 1. The number of hydrogen-bond donors (Lipinski definition) is 0. The number of Topliss-reactive ketones (excluding diaryl/α,β-unsaturated/α-hetero) is 1. The second-order valence-electron chi connectivity index (χ2n) is 7.27. The van der Waals surface area contributed by atoms with Gasteiger partial charge in [-0.1, -0.05) is 30.3 Å². The maximum atomic E-state index is 13.1. The number of benzene rings is 2. The van der Waals surface area contributed by atoms with Crippen LogP contribution in [0, 0.1) is 6.92 Å². The Bertz CT molecular complexity index is 1110. The molecule has 8 heteroatoms. The molecule has 0 aliphatic rings. The number of hydrogen-bond acceptors (Lipinski definition) is 7. The van der Waals surface area contributed by atoms with Gasteiger partial charge in [-0.15, -0.1) is 11.3 Å². The zero-order valence-electron chi connectivity index (χ0n) is 18.9. The number of esters is 1. The monoisotopic (exact) mass is 466 g/mol. The van der Waals surface area contributed by atoms with Crippen LogP contribution in [0.15, 0.2) is 54.6 Å². The Hall–Kier alpha value is -3.52. The highest BCUT2D eigenvalue weighted by Gasteiger charge is 2.24. The van der Waals surface area contributed by atoms with Gasteiger partial charge in [-0.25, -0.2) is 9.78 Å². The van der Waals surface area contributed by atoms with Crippen LogP contribution < -0.4 is 9.64 Å².